The molecule has 2 heterocycles. The number of benzene rings is 1. The van der Waals surface area contributed by atoms with Gasteiger partial charge in [-0.3, -0.25) is 0 Å². The largest absolute Gasteiger partial charge is 0.487 e. The molecule has 4 nitrogen and oxygen atoms in total. The number of hydrogen-bond acceptors (Lipinski definition) is 4. The van der Waals surface area contributed by atoms with Crippen molar-refractivity contribution >= 4 is 5.82 Å². The van der Waals surface area contributed by atoms with E-state index in [0.717, 1.165) is 12.3 Å². The van der Waals surface area contributed by atoms with Crippen molar-refractivity contribution < 1.29 is 17.9 Å². The normalized spacial score (nSPS) is 17.6. The SMILES string of the molecule is N#Cc1ccccc1O[C@@H]1CCN(c2ccc(C(F)(F)F)cn2)C1. The van der Waals surface area contributed by atoms with Gasteiger partial charge >= 0.3 is 6.18 Å². The number of hydrogen-bond donors (Lipinski definition) is 0. The quantitative estimate of drug-likeness (QED) is 0.861. The van der Waals surface area contributed by atoms with E-state index in [-0.39, 0.29) is 6.10 Å². The molecular formula is C17H14F3N3O. The average Bonchev–Trinajstić information content (AvgIpc) is 3.03. The van der Waals surface area contributed by atoms with E-state index in [4.69, 9.17) is 10.00 Å². The molecule has 1 aliphatic rings. The molecule has 0 N–H and O–H groups in total. The smallest absolute Gasteiger partial charge is 0.417 e. The molecule has 7 heteroatoms. The summed E-state index contributed by atoms with van der Waals surface area (Å²) in [7, 11) is 0. The molecule has 0 radical (unpaired) electrons. The van der Waals surface area contributed by atoms with E-state index in [1.165, 1.54) is 6.07 Å². The second-order valence-corrected chi connectivity index (χ2v) is 5.49. The van der Waals surface area contributed by atoms with Gasteiger partial charge < -0.3 is 9.64 Å². The molecule has 24 heavy (non-hydrogen) atoms. The number of anilines is 1. The first-order valence-electron chi connectivity index (χ1n) is 7.41. The fourth-order valence-electron chi connectivity index (χ4n) is 2.61. The zero-order valence-electron chi connectivity index (χ0n) is 12.6. The monoisotopic (exact) mass is 333 g/mol. The second kappa shape index (κ2) is 6.40. The Balaban J connectivity index is 1.66. The Kier molecular flexibility index (Phi) is 4.30. The Hall–Kier alpha value is -2.75. The predicted octanol–water partition coefficient (Wildman–Crippen LogP) is 3.63. The highest BCUT2D eigenvalue weighted by Crippen LogP contribution is 2.30. The third kappa shape index (κ3) is 3.43. The molecule has 0 bridgehead atoms. The van der Waals surface area contributed by atoms with Crippen molar-refractivity contribution in [2.45, 2.75) is 18.7 Å². The molecule has 0 unspecified atom stereocenters. The molecule has 0 saturated carbocycles. The summed E-state index contributed by atoms with van der Waals surface area (Å²) in [6.07, 6.45) is -2.97. The van der Waals surface area contributed by atoms with Crippen molar-refractivity contribution in [1.82, 2.24) is 4.98 Å². The second-order valence-electron chi connectivity index (χ2n) is 5.49. The molecule has 1 fully saturated rings. The van der Waals surface area contributed by atoms with Crippen molar-refractivity contribution in [2.75, 3.05) is 18.0 Å². The molecule has 1 aromatic heterocycles. The number of pyridine rings is 1. The van der Waals surface area contributed by atoms with E-state index in [0.29, 0.717) is 36.6 Å². The summed E-state index contributed by atoms with van der Waals surface area (Å²) < 4.78 is 43.6. The van der Waals surface area contributed by atoms with Crippen LogP contribution in [0.15, 0.2) is 42.6 Å². The summed E-state index contributed by atoms with van der Waals surface area (Å²) in [5, 5.41) is 9.07. The Morgan fingerprint density at radius 2 is 2.00 bits per heavy atom. The number of nitriles is 1. The Morgan fingerprint density at radius 1 is 1.21 bits per heavy atom. The number of nitrogens with zero attached hydrogens (tertiary/aromatic N) is 3. The minimum Gasteiger partial charge on any atom is -0.487 e. The van der Waals surface area contributed by atoms with Crippen LogP contribution in [0.4, 0.5) is 19.0 Å². The first-order valence-corrected chi connectivity index (χ1v) is 7.41. The molecule has 0 amide bonds. The highest BCUT2D eigenvalue weighted by molar-refractivity contribution is 5.44. The maximum atomic E-state index is 12.6. The Morgan fingerprint density at radius 3 is 2.67 bits per heavy atom. The number of aromatic nitrogens is 1. The number of rotatable bonds is 3. The molecule has 1 aromatic carbocycles. The fraction of sp³-hybridized carbons (Fsp3) is 0.294. The summed E-state index contributed by atoms with van der Waals surface area (Å²) in [6.45, 7) is 1.15. The highest BCUT2D eigenvalue weighted by Gasteiger charge is 2.31. The first kappa shape index (κ1) is 16.1. The average molecular weight is 333 g/mol. The van der Waals surface area contributed by atoms with Gasteiger partial charge in [0, 0.05) is 19.2 Å². The van der Waals surface area contributed by atoms with E-state index in [2.05, 4.69) is 11.1 Å². The number of ether oxygens (including phenoxy) is 1. The lowest BCUT2D eigenvalue weighted by Gasteiger charge is -2.19. The summed E-state index contributed by atoms with van der Waals surface area (Å²) in [5.74, 6) is 1.01. The minimum absolute atomic E-state index is 0.136. The molecule has 2 aromatic rings. The van der Waals surface area contributed by atoms with Gasteiger partial charge in [-0.05, 0) is 24.3 Å². The van der Waals surface area contributed by atoms with Crippen molar-refractivity contribution in [3.8, 4) is 11.8 Å². The van der Waals surface area contributed by atoms with Crippen molar-refractivity contribution in [3.05, 3.63) is 53.7 Å². The molecule has 1 saturated heterocycles. The maximum absolute atomic E-state index is 12.6. The van der Waals surface area contributed by atoms with Gasteiger partial charge in [-0.25, -0.2) is 4.98 Å². The molecule has 1 aliphatic heterocycles. The maximum Gasteiger partial charge on any atom is 0.417 e. The van der Waals surface area contributed by atoms with E-state index in [9.17, 15) is 13.2 Å². The number of para-hydroxylation sites is 1. The lowest BCUT2D eigenvalue weighted by atomic mass is 10.2. The summed E-state index contributed by atoms with van der Waals surface area (Å²) in [5.41, 5.74) is -0.301. The van der Waals surface area contributed by atoms with Gasteiger partial charge in [0.2, 0.25) is 0 Å². The summed E-state index contributed by atoms with van der Waals surface area (Å²) >= 11 is 0. The topological polar surface area (TPSA) is 49.1 Å². The van der Waals surface area contributed by atoms with Crippen LogP contribution in [0.2, 0.25) is 0 Å². The molecule has 0 spiro atoms. The van der Waals surface area contributed by atoms with Crippen LogP contribution in [0, 0.1) is 11.3 Å². The van der Waals surface area contributed by atoms with Crippen molar-refractivity contribution in [1.29, 1.82) is 5.26 Å². The van der Waals surface area contributed by atoms with Gasteiger partial charge in [0.15, 0.2) is 0 Å². The van der Waals surface area contributed by atoms with Gasteiger partial charge in [0.1, 0.15) is 23.7 Å². The Bertz CT molecular complexity index is 753. The van der Waals surface area contributed by atoms with E-state index in [1.54, 1.807) is 24.3 Å². The van der Waals surface area contributed by atoms with Crippen molar-refractivity contribution in [3.63, 3.8) is 0 Å². The summed E-state index contributed by atoms with van der Waals surface area (Å²) in [6, 6.07) is 11.4. The van der Waals surface area contributed by atoms with E-state index < -0.39 is 11.7 Å². The van der Waals surface area contributed by atoms with Gasteiger partial charge in [-0.1, -0.05) is 12.1 Å². The predicted molar refractivity (Wildman–Crippen MR) is 81.6 cm³/mol. The van der Waals surface area contributed by atoms with Crippen LogP contribution < -0.4 is 9.64 Å². The molecular weight excluding hydrogens is 319 g/mol. The minimum atomic E-state index is -4.39. The van der Waals surface area contributed by atoms with Crippen LogP contribution in [-0.2, 0) is 6.18 Å². The molecule has 124 valence electrons. The van der Waals surface area contributed by atoms with Gasteiger partial charge in [-0.15, -0.1) is 0 Å². The molecule has 1 atom stereocenters. The fourth-order valence-corrected chi connectivity index (χ4v) is 2.61. The summed E-state index contributed by atoms with van der Waals surface area (Å²) in [4.78, 5) is 5.78. The number of alkyl halides is 3. The van der Waals surface area contributed by atoms with Crippen LogP contribution in [0.5, 0.6) is 5.75 Å². The number of halogens is 3. The lowest BCUT2D eigenvalue weighted by Crippen LogP contribution is -2.25. The standard InChI is InChI=1S/C17H14F3N3O/c18-17(19,20)13-5-6-16(22-10-13)23-8-7-14(11-23)24-15-4-2-1-3-12(15)9-21/h1-6,10,14H,7-8,11H2/t14-/m1/s1. The zero-order chi connectivity index (χ0) is 17.2. The lowest BCUT2D eigenvalue weighted by molar-refractivity contribution is -0.137. The third-order valence-electron chi connectivity index (χ3n) is 3.85. The van der Waals surface area contributed by atoms with Gasteiger partial charge in [-0.2, -0.15) is 18.4 Å². The zero-order valence-corrected chi connectivity index (χ0v) is 12.6. The van der Waals surface area contributed by atoms with E-state index >= 15 is 0 Å². The third-order valence-corrected chi connectivity index (χ3v) is 3.85. The van der Waals surface area contributed by atoms with Crippen LogP contribution in [0.1, 0.15) is 17.5 Å². The van der Waals surface area contributed by atoms with Crippen LogP contribution in [-0.4, -0.2) is 24.2 Å². The van der Waals surface area contributed by atoms with Crippen LogP contribution >= 0.6 is 0 Å². The molecule has 3 rings (SSSR count). The first-order chi connectivity index (χ1) is 11.5. The van der Waals surface area contributed by atoms with Crippen LogP contribution in [0.3, 0.4) is 0 Å². The Labute approximate surface area is 137 Å². The van der Waals surface area contributed by atoms with Crippen molar-refractivity contribution in [2.24, 2.45) is 0 Å². The van der Waals surface area contributed by atoms with Gasteiger partial charge in [0.25, 0.3) is 0 Å². The molecule has 0 aliphatic carbocycles. The van der Waals surface area contributed by atoms with E-state index in [1.807, 2.05) is 4.90 Å². The van der Waals surface area contributed by atoms with Crippen LogP contribution in [0.25, 0.3) is 0 Å². The highest BCUT2D eigenvalue weighted by atomic mass is 19.4. The van der Waals surface area contributed by atoms with Gasteiger partial charge in [0.05, 0.1) is 17.7 Å².